The molecule has 9 heteroatoms. The van der Waals surface area contributed by atoms with Gasteiger partial charge in [-0.25, -0.2) is 29.9 Å². The quantitative estimate of drug-likeness (QED) is 0.208. The maximum absolute atomic E-state index is 6.85. The van der Waals surface area contributed by atoms with Crippen LogP contribution in [-0.2, 0) is 6.42 Å². The number of halogens is 1. The Hall–Kier alpha value is -5.47. The van der Waals surface area contributed by atoms with Gasteiger partial charge in [0.1, 0.15) is 22.6 Å². The number of hydrogen-bond acceptors (Lipinski definition) is 6. The number of nitrogens with zero attached hydrogens (tertiary/aromatic N) is 6. The number of aryl methyl sites for hydroxylation is 1. The summed E-state index contributed by atoms with van der Waals surface area (Å²) in [4.78, 5) is 37.4. The summed E-state index contributed by atoms with van der Waals surface area (Å²) in [6.07, 6.45) is 2.87. The molecule has 3 aromatic heterocycles. The van der Waals surface area contributed by atoms with E-state index in [4.69, 9.17) is 41.5 Å². The zero-order valence-corrected chi connectivity index (χ0v) is 25.0. The minimum Gasteiger partial charge on any atom is -0.324 e. The fourth-order valence-electron chi connectivity index (χ4n) is 6.37. The van der Waals surface area contributed by atoms with E-state index >= 15 is 0 Å². The molecule has 45 heavy (non-hydrogen) atoms. The number of nitrogens with one attached hydrogen (secondary N) is 2. The molecule has 0 unspecified atom stereocenters. The molecule has 5 heterocycles. The summed E-state index contributed by atoms with van der Waals surface area (Å²) in [5.74, 6) is 2.32. The van der Waals surface area contributed by atoms with Crippen LogP contribution in [0.1, 0.15) is 25.3 Å². The van der Waals surface area contributed by atoms with E-state index in [0.29, 0.717) is 50.9 Å². The van der Waals surface area contributed by atoms with Gasteiger partial charge in [-0.3, -0.25) is 0 Å². The summed E-state index contributed by atoms with van der Waals surface area (Å²) in [7, 11) is 0. The third-order valence-electron chi connectivity index (χ3n) is 8.55. The minimum atomic E-state index is 0.576. The molecular formula is C36H25ClN8. The molecule has 0 spiro atoms. The van der Waals surface area contributed by atoms with Crippen LogP contribution in [0.3, 0.4) is 0 Å². The molecule has 0 saturated carbocycles. The topological polar surface area (TPSA) is 109 Å². The predicted molar refractivity (Wildman–Crippen MR) is 180 cm³/mol. The van der Waals surface area contributed by atoms with Gasteiger partial charge in [0, 0.05) is 48.8 Å². The fraction of sp³-hybridized carbons (Fsp3) is 0.111. The van der Waals surface area contributed by atoms with E-state index in [2.05, 4.69) is 16.9 Å². The molecule has 0 saturated heterocycles. The lowest BCUT2D eigenvalue weighted by Gasteiger charge is -2.05. The number of aromatic nitrogens is 8. The number of benzene rings is 4. The van der Waals surface area contributed by atoms with Gasteiger partial charge >= 0.3 is 0 Å². The van der Waals surface area contributed by atoms with E-state index in [1.165, 1.54) is 0 Å². The van der Waals surface area contributed by atoms with E-state index < -0.39 is 0 Å². The Kier molecular flexibility index (Phi) is 5.79. The number of unbranched alkanes of at least 4 members (excludes halogenated alkanes) is 1. The van der Waals surface area contributed by atoms with Crippen LogP contribution in [0, 0.1) is 0 Å². The number of fused-ring (bicyclic) bond motifs is 20. The average Bonchev–Trinajstić information content (AvgIpc) is 3.80. The Labute approximate surface area is 262 Å². The normalized spacial score (nSPS) is 12.0. The van der Waals surface area contributed by atoms with Crippen molar-refractivity contribution in [1.82, 2.24) is 39.9 Å². The van der Waals surface area contributed by atoms with Gasteiger partial charge in [0.25, 0.3) is 0 Å². The van der Waals surface area contributed by atoms with Gasteiger partial charge in [-0.2, -0.15) is 0 Å². The lowest BCUT2D eigenvalue weighted by Crippen LogP contribution is -1.89. The second-order valence-electron chi connectivity index (χ2n) is 11.3. The summed E-state index contributed by atoms with van der Waals surface area (Å²) in [6.45, 7) is 2.18. The van der Waals surface area contributed by atoms with Crippen molar-refractivity contribution in [2.45, 2.75) is 26.2 Å². The standard InChI is InChI=1S/C36H25ClN8/c1-2-3-10-25-27(37)18-17-26-28(25)36-44-34-24-16-9-8-15-23(24)32(42-34)40-30-20-12-5-4-11-19(20)29(38-30)39-31-21-13-6-7-14-22(21)33(41-31)43-35(26)45-36/h4-9,11-18H,2-3,10H2,1H3,(H2,38,39,40,41,42,43,44,45). The molecule has 8 bridgehead atoms. The number of rotatable bonds is 3. The molecular weight excluding hydrogens is 580 g/mol. The molecule has 216 valence electrons. The number of aromatic amines is 2. The largest absolute Gasteiger partial charge is 0.324 e. The maximum atomic E-state index is 6.85. The highest BCUT2D eigenvalue weighted by Gasteiger charge is 2.22. The lowest BCUT2D eigenvalue weighted by atomic mass is 10.0. The SMILES string of the molecule is CCCCc1c(Cl)ccc2c3nc4nc(nc5[nH]c(nc6nc(nc([nH]3)c12)-c1ccccc1-6)c1ccccc51)-c1ccccc1-4. The predicted octanol–water partition coefficient (Wildman–Crippen LogP) is 8.87. The van der Waals surface area contributed by atoms with Crippen LogP contribution in [0.2, 0.25) is 5.02 Å². The Morgan fingerprint density at radius 1 is 0.511 bits per heavy atom. The zero-order chi connectivity index (χ0) is 30.1. The Morgan fingerprint density at radius 3 is 1.47 bits per heavy atom. The molecule has 9 rings (SSSR count). The average molecular weight is 605 g/mol. The van der Waals surface area contributed by atoms with Gasteiger partial charge in [0.2, 0.25) is 0 Å². The minimum absolute atomic E-state index is 0.576. The lowest BCUT2D eigenvalue weighted by molar-refractivity contribution is 0.799. The van der Waals surface area contributed by atoms with E-state index in [0.717, 1.165) is 68.6 Å². The van der Waals surface area contributed by atoms with E-state index in [-0.39, 0.29) is 0 Å². The van der Waals surface area contributed by atoms with Crippen LogP contribution in [0.5, 0.6) is 0 Å². The first-order valence-corrected chi connectivity index (χ1v) is 15.5. The van der Waals surface area contributed by atoms with Crippen molar-refractivity contribution >= 4 is 55.7 Å². The summed E-state index contributed by atoms with van der Waals surface area (Å²) in [6, 6.07) is 28.2. The van der Waals surface area contributed by atoms with Gasteiger partial charge < -0.3 is 9.97 Å². The zero-order valence-electron chi connectivity index (χ0n) is 24.3. The first-order chi connectivity index (χ1) is 22.2. The molecule has 2 aliphatic rings. The highest BCUT2D eigenvalue weighted by molar-refractivity contribution is 6.33. The summed E-state index contributed by atoms with van der Waals surface area (Å²) in [5, 5.41) is 4.49. The van der Waals surface area contributed by atoms with Crippen molar-refractivity contribution in [1.29, 1.82) is 0 Å². The molecule has 8 nitrogen and oxygen atoms in total. The molecule has 0 fully saturated rings. The number of H-pyrrole nitrogens is 2. The Morgan fingerprint density at radius 2 is 0.956 bits per heavy atom. The van der Waals surface area contributed by atoms with Gasteiger partial charge in [-0.05, 0) is 30.5 Å². The molecule has 0 aliphatic carbocycles. The van der Waals surface area contributed by atoms with Crippen LogP contribution in [0.15, 0.2) is 84.9 Å². The Bertz CT molecular complexity index is 2510. The van der Waals surface area contributed by atoms with Crippen molar-refractivity contribution in [2.75, 3.05) is 0 Å². The maximum Gasteiger partial charge on any atom is 0.164 e. The third-order valence-corrected chi connectivity index (χ3v) is 8.91. The highest BCUT2D eigenvalue weighted by Crippen LogP contribution is 2.38. The monoisotopic (exact) mass is 604 g/mol. The van der Waals surface area contributed by atoms with Gasteiger partial charge in [0.05, 0.1) is 0 Å². The Balaban J connectivity index is 1.49. The van der Waals surface area contributed by atoms with Gasteiger partial charge in [0.15, 0.2) is 23.3 Å². The van der Waals surface area contributed by atoms with Crippen LogP contribution in [0.4, 0.5) is 0 Å². The van der Waals surface area contributed by atoms with Crippen molar-refractivity contribution in [2.24, 2.45) is 0 Å². The molecule has 0 radical (unpaired) electrons. The summed E-state index contributed by atoms with van der Waals surface area (Å²) in [5.41, 5.74) is 7.37. The highest BCUT2D eigenvalue weighted by atomic mass is 35.5. The second kappa shape index (κ2) is 10.0. The second-order valence-corrected chi connectivity index (χ2v) is 11.7. The summed E-state index contributed by atoms with van der Waals surface area (Å²) < 4.78 is 0. The van der Waals surface area contributed by atoms with Crippen LogP contribution >= 0.6 is 11.6 Å². The van der Waals surface area contributed by atoms with E-state index in [9.17, 15) is 0 Å². The molecule has 7 aromatic rings. The van der Waals surface area contributed by atoms with Crippen LogP contribution in [-0.4, -0.2) is 39.9 Å². The first-order valence-electron chi connectivity index (χ1n) is 15.1. The molecule has 4 aromatic carbocycles. The fourth-order valence-corrected chi connectivity index (χ4v) is 6.63. The van der Waals surface area contributed by atoms with Crippen LogP contribution in [0.25, 0.3) is 89.7 Å². The van der Waals surface area contributed by atoms with E-state index in [1.807, 2.05) is 84.9 Å². The molecule has 2 aliphatic heterocycles. The van der Waals surface area contributed by atoms with Gasteiger partial charge in [-0.1, -0.05) is 97.7 Å². The van der Waals surface area contributed by atoms with Gasteiger partial charge in [-0.15, -0.1) is 0 Å². The molecule has 0 atom stereocenters. The molecule has 2 N–H and O–H groups in total. The number of hydrogen-bond donors (Lipinski definition) is 2. The van der Waals surface area contributed by atoms with E-state index in [1.54, 1.807) is 0 Å². The first kappa shape index (κ1) is 26.0. The smallest absolute Gasteiger partial charge is 0.164 e. The van der Waals surface area contributed by atoms with Crippen LogP contribution < -0.4 is 0 Å². The molecule has 0 amide bonds. The summed E-state index contributed by atoms with van der Waals surface area (Å²) >= 11 is 6.85. The van der Waals surface area contributed by atoms with Crippen molar-refractivity contribution in [3.63, 3.8) is 0 Å². The van der Waals surface area contributed by atoms with Crippen molar-refractivity contribution in [3.05, 3.63) is 95.5 Å². The van der Waals surface area contributed by atoms with Crippen molar-refractivity contribution < 1.29 is 0 Å². The van der Waals surface area contributed by atoms with Crippen molar-refractivity contribution in [3.8, 4) is 45.6 Å². The third kappa shape index (κ3) is 4.06.